The first-order chi connectivity index (χ1) is 12.0. The fourth-order valence-electron chi connectivity index (χ4n) is 3.44. The smallest absolute Gasteiger partial charge is 0.158 e. The van der Waals surface area contributed by atoms with Crippen LogP contribution in [0.1, 0.15) is 12.1 Å². The Morgan fingerprint density at radius 2 is 1.92 bits per heavy atom. The Bertz CT molecular complexity index is 900. The van der Waals surface area contributed by atoms with E-state index in [1.54, 1.807) is 0 Å². The fourth-order valence-corrected chi connectivity index (χ4v) is 3.56. The van der Waals surface area contributed by atoms with Gasteiger partial charge in [0.2, 0.25) is 0 Å². The van der Waals surface area contributed by atoms with Crippen LogP contribution in [-0.2, 0) is 0 Å². The van der Waals surface area contributed by atoms with Gasteiger partial charge in [0.15, 0.2) is 5.65 Å². The van der Waals surface area contributed by atoms with Gasteiger partial charge in [0.05, 0.1) is 5.69 Å². The molecule has 1 fully saturated rings. The number of likely N-dealkylation sites (N-methyl/N-ethyl adjacent to an activating group) is 1. The summed E-state index contributed by atoms with van der Waals surface area (Å²) < 4.78 is 1.97. The van der Waals surface area contributed by atoms with E-state index in [2.05, 4.69) is 34.9 Å². The Morgan fingerprint density at radius 3 is 2.60 bits per heavy atom. The highest BCUT2D eigenvalue weighted by atomic mass is 35.5. The highest BCUT2D eigenvalue weighted by Crippen LogP contribution is 2.27. The SMILES string of the molecule is Cc1cc(N2CC[C@@H](N(C)C)C2)n2nc(-c3ccc(Cl)cc3)cc2n1. The van der Waals surface area contributed by atoms with Gasteiger partial charge in [-0.3, -0.25) is 0 Å². The summed E-state index contributed by atoms with van der Waals surface area (Å²) in [5, 5.41) is 5.55. The molecule has 1 aromatic carbocycles. The molecule has 0 amide bonds. The van der Waals surface area contributed by atoms with E-state index in [9.17, 15) is 0 Å². The molecule has 0 spiro atoms. The molecule has 0 unspecified atom stereocenters. The van der Waals surface area contributed by atoms with Gasteiger partial charge in [-0.2, -0.15) is 9.61 Å². The van der Waals surface area contributed by atoms with E-state index >= 15 is 0 Å². The van der Waals surface area contributed by atoms with Crippen LogP contribution in [0.3, 0.4) is 0 Å². The molecule has 3 aromatic rings. The first-order valence-corrected chi connectivity index (χ1v) is 8.94. The highest BCUT2D eigenvalue weighted by molar-refractivity contribution is 6.30. The molecule has 0 aliphatic carbocycles. The van der Waals surface area contributed by atoms with Crippen molar-refractivity contribution in [2.24, 2.45) is 0 Å². The predicted molar refractivity (Wildman–Crippen MR) is 102 cm³/mol. The van der Waals surface area contributed by atoms with E-state index < -0.39 is 0 Å². The van der Waals surface area contributed by atoms with Gasteiger partial charge in [0.25, 0.3) is 0 Å². The zero-order chi connectivity index (χ0) is 17.6. The standard InChI is InChI=1S/C19H22ClN5/c1-13-10-19(24-9-8-16(12-24)23(2)3)25-18(21-13)11-17(22-25)14-4-6-15(20)7-5-14/h4-7,10-11,16H,8-9,12H2,1-3H3/t16-/m1/s1. The van der Waals surface area contributed by atoms with Gasteiger partial charge in [-0.05, 0) is 39.6 Å². The molecule has 1 atom stereocenters. The molecule has 0 N–H and O–H groups in total. The van der Waals surface area contributed by atoms with E-state index in [0.29, 0.717) is 6.04 Å². The Hall–Kier alpha value is -2.11. The second-order valence-corrected chi connectivity index (χ2v) is 7.35. The van der Waals surface area contributed by atoms with E-state index in [1.165, 1.54) is 6.42 Å². The summed E-state index contributed by atoms with van der Waals surface area (Å²) >= 11 is 6.00. The molecule has 1 saturated heterocycles. The number of halogens is 1. The number of anilines is 1. The van der Waals surface area contributed by atoms with Crippen molar-refractivity contribution in [3.63, 3.8) is 0 Å². The summed E-state index contributed by atoms with van der Waals surface area (Å²) in [7, 11) is 4.29. The van der Waals surface area contributed by atoms with Crippen molar-refractivity contribution < 1.29 is 0 Å². The number of fused-ring (bicyclic) bond motifs is 1. The normalized spacial score (nSPS) is 17.8. The molecule has 1 aliphatic heterocycles. The van der Waals surface area contributed by atoms with Gasteiger partial charge in [-0.25, -0.2) is 4.98 Å². The molecule has 4 rings (SSSR count). The van der Waals surface area contributed by atoms with Crippen LogP contribution in [0.5, 0.6) is 0 Å². The van der Waals surface area contributed by atoms with Gasteiger partial charge in [-0.1, -0.05) is 23.7 Å². The zero-order valence-corrected chi connectivity index (χ0v) is 15.5. The van der Waals surface area contributed by atoms with Crippen LogP contribution in [0.2, 0.25) is 5.02 Å². The van der Waals surface area contributed by atoms with Crippen molar-refractivity contribution in [1.29, 1.82) is 0 Å². The fraction of sp³-hybridized carbons (Fsp3) is 0.368. The molecular formula is C19H22ClN5. The number of hydrogen-bond donors (Lipinski definition) is 0. The third-order valence-electron chi connectivity index (χ3n) is 4.89. The highest BCUT2D eigenvalue weighted by Gasteiger charge is 2.26. The third kappa shape index (κ3) is 3.10. The van der Waals surface area contributed by atoms with Gasteiger partial charge >= 0.3 is 0 Å². The zero-order valence-electron chi connectivity index (χ0n) is 14.8. The van der Waals surface area contributed by atoms with Crippen LogP contribution < -0.4 is 4.90 Å². The predicted octanol–water partition coefficient (Wildman–Crippen LogP) is 3.50. The summed E-state index contributed by atoms with van der Waals surface area (Å²) in [5.74, 6) is 1.12. The van der Waals surface area contributed by atoms with Crippen molar-refractivity contribution in [3.8, 4) is 11.3 Å². The Kier molecular flexibility index (Phi) is 4.13. The Balaban J connectivity index is 1.76. The summed E-state index contributed by atoms with van der Waals surface area (Å²) in [6, 6.07) is 12.5. The van der Waals surface area contributed by atoms with Gasteiger partial charge in [0, 0.05) is 47.5 Å². The van der Waals surface area contributed by atoms with E-state index in [1.807, 2.05) is 41.8 Å². The monoisotopic (exact) mass is 355 g/mol. The molecular weight excluding hydrogens is 334 g/mol. The van der Waals surface area contributed by atoms with Crippen LogP contribution in [0, 0.1) is 6.92 Å². The maximum absolute atomic E-state index is 6.00. The molecule has 25 heavy (non-hydrogen) atoms. The molecule has 2 aromatic heterocycles. The lowest BCUT2D eigenvalue weighted by molar-refractivity contribution is 0.315. The molecule has 0 radical (unpaired) electrons. The first-order valence-electron chi connectivity index (χ1n) is 8.56. The van der Waals surface area contributed by atoms with Crippen molar-refractivity contribution >= 4 is 23.1 Å². The quantitative estimate of drug-likeness (QED) is 0.720. The van der Waals surface area contributed by atoms with Crippen LogP contribution >= 0.6 is 11.6 Å². The van der Waals surface area contributed by atoms with Gasteiger partial charge in [-0.15, -0.1) is 0 Å². The largest absolute Gasteiger partial charge is 0.355 e. The van der Waals surface area contributed by atoms with Crippen LogP contribution in [0.15, 0.2) is 36.4 Å². The summed E-state index contributed by atoms with van der Waals surface area (Å²) in [5.41, 5.74) is 3.86. The second kappa shape index (κ2) is 6.32. The summed E-state index contributed by atoms with van der Waals surface area (Å²) in [6.45, 7) is 4.09. The molecule has 1 aliphatic rings. The topological polar surface area (TPSA) is 36.7 Å². The molecule has 3 heterocycles. The van der Waals surface area contributed by atoms with E-state index in [0.717, 1.165) is 46.5 Å². The Labute approximate surface area is 152 Å². The van der Waals surface area contributed by atoms with Crippen LogP contribution in [-0.4, -0.2) is 52.7 Å². The number of nitrogens with zero attached hydrogens (tertiary/aromatic N) is 5. The average Bonchev–Trinajstić information content (AvgIpc) is 3.21. The second-order valence-electron chi connectivity index (χ2n) is 6.91. The van der Waals surface area contributed by atoms with Gasteiger partial charge in [0.1, 0.15) is 5.82 Å². The third-order valence-corrected chi connectivity index (χ3v) is 5.15. The summed E-state index contributed by atoms with van der Waals surface area (Å²) in [6.07, 6.45) is 1.17. The minimum atomic E-state index is 0.579. The maximum atomic E-state index is 6.00. The van der Waals surface area contributed by atoms with E-state index in [4.69, 9.17) is 16.7 Å². The molecule has 6 heteroatoms. The lowest BCUT2D eigenvalue weighted by atomic mass is 10.2. The number of aryl methyl sites for hydroxylation is 1. The summed E-state index contributed by atoms with van der Waals surface area (Å²) in [4.78, 5) is 9.37. The molecule has 0 saturated carbocycles. The van der Waals surface area contributed by atoms with Gasteiger partial charge < -0.3 is 9.80 Å². The first kappa shape index (κ1) is 16.4. The maximum Gasteiger partial charge on any atom is 0.158 e. The minimum absolute atomic E-state index is 0.579. The van der Waals surface area contributed by atoms with Crippen LogP contribution in [0.25, 0.3) is 16.9 Å². The molecule has 130 valence electrons. The number of hydrogen-bond acceptors (Lipinski definition) is 4. The number of rotatable bonds is 3. The minimum Gasteiger partial charge on any atom is -0.355 e. The molecule has 0 bridgehead atoms. The lowest BCUT2D eigenvalue weighted by Gasteiger charge is -2.22. The lowest BCUT2D eigenvalue weighted by Crippen LogP contribution is -2.32. The average molecular weight is 356 g/mol. The number of aromatic nitrogens is 3. The van der Waals surface area contributed by atoms with Crippen molar-refractivity contribution in [2.75, 3.05) is 32.1 Å². The van der Waals surface area contributed by atoms with Crippen molar-refractivity contribution in [1.82, 2.24) is 19.5 Å². The van der Waals surface area contributed by atoms with Crippen LogP contribution in [0.4, 0.5) is 5.82 Å². The van der Waals surface area contributed by atoms with Crippen molar-refractivity contribution in [3.05, 3.63) is 47.1 Å². The molecule has 5 nitrogen and oxygen atoms in total. The van der Waals surface area contributed by atoms with Crippen molar-refractivity contribution in [2.45, 2.75) is 19.4 Å². The van der Waals surface area contributed by atoms with E-state index in [-0.39, 0.29) is 0 Å². The number of benzene rings is 1. The Morgan fingerprint density at radius 1 is 1.16 bits per heavy atom.